The second-order valence-corrected chi connectivity index (χ2v) is 4.45. The molecule has 0 saturated heterocycles. The van der Waals surface area contributed by atoms with Crippen molar-refractivity contribution in [2.24, 2.45) is 4.99 Å². The molecule has 0 aliphatic carbocycles. The first-order chi connectivity index (χ1) is 8.43. The van der Waals surface area contributed by atoms with Crippen LogP contribution < -0.4 is 5.32 Å². The zero-order chi connectivity index (χ0) is 11.5. The molecule has 0 atom stereocenters. The van der Waals surface area contributed by atoms with E-state index in [2.05, 4.69) is 52.8 Å². The second-order valence-electron chi connectivity index (χ2n) is 4.45. The van der Waals surface area contributed by atoms with E-state index in [0.29, 0.717) is 0 Å². The van der Waals surface area contributed by atoms with Crippen LogP contribution in [0.5, 0.6) is 0 Å². The van der Waals surface area contributed by atoms with E-state index in [1.54, 1.807) is 0 Å². The first-order valence-electron chi connectivity index (χ1n) is 6.13. The lowest BCUT2D eigenvalue weighted by molar-refractivity contribution is 0.848. The number of nitrogens with zero attached hydrogens (tertiary/aromatic N) is 1. The standard InChI is InChI=1S/C15H16N2/c1-2-7-15-12(4-1)5-3-6-13(15)8-9-14-10-16-11-17-14/h1-7,16H,8-11H2. The molecule has 0 fully saturated rings. The molecule has 3 rings (SSSR count). The molecule has 2 aromatic carbocycles. The molecule has 1 aliphatic heterocycles. The molecule has 0 spiro atoms. The third-order valence-corrected chi connectivity index (χ3v) is 3.31. The van der Waals surface area contributed by atoms with Crippen LogP contribution in [0.2, 0.25) is 0 Å². The topological polar surface area (TPSA) is 24.4 Å². The summed E-state index contributed by atoms with van der Waals surface area (Å²) in [4.78, 5) is 4.44. The molecule has 0 saturated carbocycles. The highest BCUT2D eigenvalue weighted by atomic mass is 15.1. The molecule has 2 aromatic rings. The third-order valence-electron chi connectivity index (χ3n) is 3.31. The Morgan fingerprint density at radius 2 is 1.88 bits per heavy atom. The van der Waals surface area contributed by atoms with E-state index < -0.39 is 0 Å². The lowest BCUT2D eigenvalue weighted by Crippen LogP contribution is -2.13. The molecular formula is C15H16N2. The maximum atomic E-state index is 4.44. The molecule has 2 heteroatoms. The number of aryl methyl sites for hydroxylation is 1. The maximum Gasteiger partial charge on any atom is 0.0887 e. The van der Waals surface area contributed by atoms with Crippen LogP contribution in [0.3, 0.4) is 0 Å². The van der Waals surface area contributed by atoms with Gasteiger partial charge in [0.1, 0.15) is 0 Å². The van der Waals surface area contributed by atoms with Crippen LogP contribution in [-0.2, 0) is 6.42 Å². The highest BCUT2D eigenvalue weighted by Crippen LogP contribution is 2.19. The quantitative estimate of drug-likeness (QED) is 0.851. The van der Waals surface area contributed by atoms with Gasteiger partial charge < -0.3 is 0 Å². The molecule has 2 nitrogen and oxygen atoms in total. The largest absolute Gasteiger partial charge is 0.293 e. The summed E-state index contributed by atoms with van der Waals surface area (Å²) >= 11 is 0. The van der Waals surface area contributed by atoms with Gasteiger partial charge in [-0.3, -0.25) is 10.3 Å². The van der Waals surface area contributed by atoms with Crippen molar-refractivity contribution in [3.8, 4) is 0 Å². The molecule has 1 N–H and O–H groups in total. The smallest absolute Gasteiger partial charge is 0.0887 e. The Kier molecular flexibility index (Phi) is 2.88. The minimum atomic E-state index is 0.796. The van der Waals surface area contributed by atoms with E-state index in [-0.39, 0.29) is 0 Å². The van der Waals surface area contributed by atoms with Crippen molar-refractivity contribution in [2.75, 3.05) is 13.2 Å². The van der Waals surface area contributed by atoms with Crippen molar-refractivity contribution < 1.29 is 0 Å². The SMILES string of the molecule is c1ccc2c(CCC3=NCNC3)cccc2c1. The van der Waals surface area contributed by atoms with E-state index in [0.717, 1.165) is 26.1 Å². The molecular weight excluding hydrogens is 208 g/mol. The normalized spacial score (nSPS) is 15.2. The summed E-state index contributed by atoms with van der Waals surface area (Å²) in [6.07, 6.45) is 2.16. The predicted octanol–water partition coefficient (Wildman–Crippen LogP) is 2.77. The zero-order valence-electron chi connectivity index (χ0n) is 9.82. The molecule has 1 heterocycles. The van der Waals surface area contributed by atoms with Crippen molar-refractivity contribution in [1.82, 2.24) is 5.32 Å². The summed E-state index contributed by atoms with van der Waals surface area (Å²) in [5.41, 5.74) is 2.73. The monoisotopic (exact) mass is 224 g/mol. The fourth-order valence-corrected chi connectivity index (χ4v) is 2.38. The van der Waals surface area contributed by atoms with Gasteiger partial charge in [0.15, 0.2) is 0 Å². The lowest BCUT2D eigenvalue weighted by Gasteiger charge is -2.06. The van der Waals surface area contributed by atoms with Crippen molar-refractivity contribution in [2.45, 2.75) is 12.8 Å². The fourth-order valence-electron chi connectivity index (χ4n) is 2.38. The van der Waals surface area contributed by atoms with Crippen LogP contribution in [0.25, 0.3) is 10.8 Å². The Morgan fingerprint density at radius 1 is 1.00 bits per heavy atom. The summed E-state index contributed by atoms with van der Waals surface area (Å²) in [5.74, 6) is 0. The first-order valence-corrected chi connectivity index (χ1v) is 6.13. The van der Waals surface area contributed by atoms with Gasteiger partial charge in [-0.2, -0.15) is 0 Å². The van der Waals surface area contributed by atoms with Crippen LogP contribution in [-0.4, -0.2) is 18.9 Å². The maximum absolute atomic E-state index is 4.44. The Hall–Kier alpha value is -1.67. The Labute approximate surface area is 101 Å². The van der Waals surface area contributed by atoms with Gasteiger partial charge in [-0.15, -0.1) is 0 Å². The van der Waals surface area contributed by atoms with E-state index in [4.69, 9.17) is 0 Å². The van der Waals surface area contributed by atoms with Crippen molar-refractivity contribution in [1.29, 1.82) is 0 Å². The minimum Gasteiger partial charge on any atom is -0.293 e. The summed E-state index contributed by atoms with van der Waals surface area (Å²) in [5, 5.41) is 5.95. The van der Waals surface area contributed by atoms with Crippen molar-refractivity contribution >= 4 is 16.5 Å². The number of hydrogen-bond acceptors (Lipinski definition) is 2. The van der Waals surface area contributed by atoms with Crippen molar-refractivity contribution in [3.05, 3.63) is 48.0 Å². The van der Waals surface area contributed by atoms with Gasteiger partial charge in [0.05, 0.1) is 6.67 Å². The summed E-state index contributed by atoms with van der Waals surface area (Å²) in [6.45, 7) is 1.76. The van der Waals surface area contributed by atoms with E-state index in [9.17, 15) is 0 Å². The molecule has 0 bridgehead atoms. The van der Waals surface area contributed by atoms with Gasteiger partial charge in [-0.25, -0.2) is 0 Å². The van der Waals surface area contributed by atoms with Gasteiger partial charge in [0, 0.05) is 12.3 Å². The summed E-state index contributed by atoms with van der Waals surface area (Å²) < 4.78 is 0. The fraction of sp³-hybridized carbons (Fsp3) is 0.267. The first kappa shape index (κ1) is 10.5. The number of nitrogens with one attached hydrogen (secondary N) is 1. The Balaban J connectivity index is 1.84. The highest BCUT2D eigenvalue weighted by Gasteiger charge is 2.06. The predicted molar refractivity (Wildman–Crippen MR) is 72.6 cm³/mol. The molecule has 0 aromatic heterocycles. The molecule has 17 heavy (non-hydrogen) atoms. The lowest BCUT2D eigenvalue weighted by atomic mass is 10.00. The number of benzene rings is 2. The minimum absolute atomic E-state index is 0.796. The molecule has 0 amide bonds. The number of aliphatic imine (C=N–C) groups is 1. The van der Waals surface area contributed by atoms with Crippen LogP contribution in [0.1, 0.15) is 12.0 Å². The number of rotatable bonds is 3. The molecule has 0 unspecified atom stereocenters. The average molecular weight is 224 g/mol. The van der Waals surface area contributed by atoms with Gasteiger partial charge in [-0.05, 0) is 29.2 Å². The molecule has 0 radical (unpaired) electrons. The third kappa shape index (κ3) is 2.22. The van der Waals surface area contributed by atoms with Gasteiger partial charge >= 0.3 is 0 Å². The highest BCUT2D eigenvalue weighted by molar-refractivity contribution is 5.89. The average Bonchev–Trinajstić information content (AvgIpc) is 2.89. The number of fused-ring (bicyclic) bond motifs is 1. The van der Waals surface area contributed by atoms with Crippen LogP contribution in [0, 0.1) is 0 Å². The zero-order valence-corrected chi connectivity index (χ0v) is 9.82. The van der Waals surface area contributed by atoms with Gasteiger partial charge in [0.2, 0.25) is 0 Å². The van der Waals surface area contributed by atoms with E-state index in [1.165, 1.54) is 22.0 Å². The van der Waals surface area contributed by atoms with E-state index >= 15 is 0 Å². The summed E-state index contributed by atoms with van der Waals surface area (Å²) in [7, 11) is 0. The van der Waals surface area contributed by atoms with E-state index in [1.807, 2.05) is 0 Å². The molecule has 1 aliphatic rings. The van der Waals surface area contributed by atoms with Crippen molar-refractivity contribution in [3.63, 3.8) is 0 Å². The van der Waals surface area contributed by atoms with Crippen LogP contribution >= 0.6 is 0 Å². The Bertz CT molecular complexity index is 552. The molecule has 86 valence electrons. The summed E-state index contributed by atoms with van der Waals surface area (Å²) in [6, 6.07) is 15.1. The van der Waals surface area contributed by atoms with Gasteiger partial charge in [-0.1, -0.05) is 42.5 Å². The number of hydrogen-bond donors (Lipinski definition) is 1. The Morgan fingerprint density at radius 3 is 2.76 bits per heavy atom. The second kappa shape index (κ2) is 4.68. The van der Waals surface area contributed by atoms with Crippen LogP contribution in [0.4, 0.5) is 0 Å². The van der Waals surface area contributed by atoms with Gasteiger partial charge in [0.25, 0.3) is 0 Å². The van der Waals surface area contributed by atoms with Crippen LogP contribution in [0.15, 0.2) is 47.5 Å².